The Labute approximate surface area is 186 Å². The molecular weight excluding hydrogens is 410 g/mol. The number of hydrogen-bond acceptors (Lipinski definition) is 6. The number of aliphatic hydroxyl groups is 1. The smallest absolute Gasteiger partial charge is 0.257 e. The highest BCUT2D eigenvalue weighted by Crippen LogP contribution is 2.27. The third kappa shape index (κ3) is 5.15. The molecule has 3 aromatic rings. The lowest BCUT2D eigenvalue weighted by molar-refractivity contribution is -0.121. The number of aromatic nitrogens is 2. The van der Waals surface area contributed by atoms with Gasteiger partial charge in [-0.25, -0.2) is 4.98 Å². The predicted octanol–water partition coefficient (Wildman–Crippen LogP) is 2.09. The fraction of sp³-hybridized carbons (Fsp3) is 0.292. The van der Waals surface area contributed by atoms with Crippen LogP contribution in [0.15, 0.2) is 53.3 Å². The van der Waals surface area contributed by atoms with Gasteiger partial charge in [-0.2, -0.15) is 0 Å². The second-order valence-corrected chi connectivity index (χ2v) is 7.20. The van der Waals surface area contributed by atoms with Gasteiger partial charge < -0.3 is 19.9 Å². The molecule has 0 saturated heterocycles. The number of methoxy groups -OCH3 is 2. The molecule has 0 aliphatic heterocycles. The summed E-state index contributed by atoms with van der Waals surface area (Å²) >= 11 is 0. The van der Waals surface area contributed by atoms with Crippen LogP contribution in [0.3, 0.4) is 0 Å². The lowest BCUT2D eigenvalue weighted by Crippen LogP contribution is -2.35. The average Bonchev–Trinajstić information content (AvgIpc) is 2.82. The van der Waals surface area contributed by atoms with E-state index in [1.807, 2.05) is 36.4 Å². The van der Waals surface area contributed by atoms with Crippen LogP contribution in [0.4, 0.5) is 0 Å². The summed E-state index contributed by atoms with van der Waals surface area (Å²) in [7, 11) is 3.11. The fourth-order valence-electron chi connectivity index (χ4n) is 3.45. The second kappa shape index (κ2) is 10.6. The van der Waals surface area contributed by atoms with Crippen molar-refractivity contribution in [1.82, 2.24) is 14.9 Å². The molecule has 1 heterocycles. The van der Waals surface area contributed by atoms with Crippen LogP contribution in [0.5, 0.6) is 11.5 Å². The van der Waals surface area contributed by atoms with Crippen LogP contribution < -0.4 is 20.3 Å². The molecule has 1 amide bonds. The van der Waals surface area contributed by atoms with E-state index in [0.717, 1.165) is 11.1 Å². The highest BCUT2D eigenvalue weighted by Gasteiger charge is 2.17. The third-order valence-corrected chi connectivity index (χ3v) is 5.10. The number of amides is 1. The summed E-state index contributed by atoms with van der Waals surface area (Å²) in [6, 6.07) is 14.6. The molecule has 0 fully saturated rings. The summed E-state index contributed by atoms with van der Waals surface area (Å²) < 4.78 is 11.9. The maximum absolute atomic E-state index is 13.1. The predicted molar refractivity (Wildman–Crippen MR) is 121 cm³/mol. The van der Waals surface area contributed by atoms with Crippen molar-refractivity contribution in [3.05, 3.63) is 75.7 Å². The highest BCUT2D eigenvalue weighted by molar-refractivity contribution is 5.76. The van der Waals surface area contributed by atoms with Crippen molar-refractivity contribution >= 4 is 5.91 Å². The van der Waals surface area contributed by atoms with E-state index in [0.29, 0.717) is 28.6 Å². The number of carbonyl (C=O) groups is 1. The summed E-state index contributed by atoms with van der Waals surface area (Å²) in [5.74, 6) is 1.25. The monoisotopic (exact) mass is 437 g/mol. The van der Waals surface area contributed by atoms with Gasteiger partial charge in [0, 0.05) is 36.4 Å². The number of aliphatic hydroxyl groups excluding tert-OH is 1. The zero-order valence-corrected chi connectivity index (χ0v) is 18.4. The first kappa shape index (κ1) is 23.0. The van der Waals surface area contributed by atoms with Crippen molar-refractivity contribution in [3.63, 3.8) is 0 Å². The molecule has 0 bridgehead atoms. The summed E-state index contributed by atoms with van der Waals surface area (Å²) in [6.07, 6.45) is 0.181. The quantitative estimate of drug-likeness (QED) is 0.531. The fourth-order valence-corrected chi connectivity index (χ4v) is 3.45. The van der Waals surface area contributed by atoms with Crippen molar-refractivity contribution in [2.24, 2.45) is 0 Å². The largest absolute Gasteiger partial charge is 0.493 e. The average molecular weight is 437 g/mol. The Morgan fingerprint density at radius 3 is 2.47 bits per heavy atom. The van der Waals surface area contributed by atoms with Gasteiger partial charge in [0.1, 0.15) is 12.4 Å². The normalized spacial score (nSPS) is 10.6. The molecule has 0 spiro atoms. The molecule has 2 N–H and O–H groups in total. The molecular formula is C24H27N3O5. The van der Waals surface area contributed by atoms with Crippen LogP contribution in [0.1, 0.15) is 16.8 Å². The van der Waals surface area contributed by atoms with Gasteiger partial charge in [0.2, 0.25) is 5.91 Å². The molecule has 0 atom stereocenters. The molecule has 2 aromatic carbocycles. The molecule has 0 unspecified atom stereocenters. The standard InChI is InChI=1S/C24H27N3O5/c1-16-19(11-12-28)24(30)27(23(26-16)18-7-5-4-6-8-18)15-22(29)25-14-17-9-10-20(31-2)21(13-17)32-3/h4-10,13,28H,11-12,14-15H2,1-3H3,(H,25,29). The van der Waals surface area contributed by atoms with Crippen LogP contribution in [0, 0.1) is 6.92 Å². The molecule has 0 aliphatic carbocycles. The summed E-state index contributed by atoms with van der Waals surface area (Å²) in [4.78, 5) is 30.5. The number of hydrogen-bond donors (Lipinski definition) is 2. The Balaban J connectivity index is 1.86. The molecule has 168 valence electrons. The van der Waals surface area contributed by atoms with E-state index in [2.05, 4.69) is 10.3 Å². The van der Waals surface area contributed by atoms with E-state index in [4.69, 9.17) is 9.47 Å². The minimum absolute atomic E-state index is 0.173. The van der Waals surface area contributed by atoms with E-state index in [-0.39, 0.29) is 37.6 Å². The van der Waals surface area contributed by atoms with Crippen LogP contribution in [0.2, 0.25) is 0 Å². The van der Waals surface area contributed by atoms with Gasteiger partial charge in [-0.15, -0.1) is 0 Å². The number of nitrogens with zero attached hydrogens (tertiary/aromatic N) is 2. The van der Waals surface area contributed by atoms with E-state index >= 15 is 0 Å². The maximum Gasteiger partial charge on any atom is 0.257 e. The number of benzene rings is 2. The Bertz CT molecular complexity index is 1140. The third-order valence-electron chi connectivity index (χ3n) is 5.10. The lowest BCUT2D eigenvalue weighted by atomic mass is 10.1. The number of nitrogens with one attached hydrogen (secondary N) is 1. The van der Waals surface area contributed by atoms with Crippen LogP contribution in [-0.2, 0) is 24.3 Å². The zero-order valence-electron chi connectivity index (χ0n) is 18.4. The van der Waals surface area contributed by atoms with Crippen molar-refractivity contribution in [1.29, 1.82) is 0 Å². The second-order valence-electron chi connectivity index (χ2n) is 7.20. The Morgan fingerprint density at radius 2 is 1.81 bits per heavy atom. The Morgan fingerprint density at radius 1 is 1.09 bits per heavy atom. The maximum atomic E-state index is 13.1. The van der Waals surface area contributed by atoms with Gasteiger partial charge in [-0.3, -0.25) is 14.2 Å². The van der Waals surface area contributed by atoms with Crippen LogP contribution in [-0.4, -0.2) is 41.4 Å². The molecule has 0 aliphatic rings. The molecule has 0 saturated carbocycles. The van der Waals surface area contributed by atoms with E-state index < -0.39 is 0 Å². The Kier molecular flexibility index (Phi) is 7.62. The van der Waals surface area contributed by atoms with Gasteiger partial charge >= 0.3 is 0 Å². The molecule has 0 radical (unpaired) electrons. The molecule has 3 rings (SSSR count). The van der Waals surface area contributed by atoms with Gasteiger partial charge in [0.15, 0.2) is 11.5 Å². The van der Waals surface area contributed by atoms with Gasteiger partial charge in [-0.1, -0.05) is 36.4 Å². The van der Waals surface area contributed by atoms with Gasteiger partial charge in [0.05, 0.1) is 14.2 Å². The molecule has 8 nitrogen and oxygen atoms in total. The minimum atomic E-state index is -0.334. The van der Waals surface area contributed by atoms with Crippen LogP contribution >= 0.6 is 0 Å². The molecule has 32 heavy (non-hydrogen) atoms. The first-order valence-electron chi connectivity index (χ1n) is 10.2. The lowest BCUT2D eigenvalue weighted by Gasteiger charge is -2.16. The number of rotatable bonds is 9. The number of carbonyl (C=O) groups excluding carboxylic acids is 1. The van der Waals surface area contributed by atoms with E-state index in [1.165, 1.54) is 4.57 Å². The van der Waals surface area contributed by atoms with Crippen LogP contribution in [0.25, 0.3) is 11.4 Å². The van der Waals surface area contributed by atoms with Gasteiger partial charge in [0.25, 0.3) is 5.56 Å². The summed E-state index contributed by atoms with van der Waals surface area (Å²) in [5, 5.41) is 12.2. The minimum Gasteiger partial charge on any atom is -0.493 e. The Hall–Kier alpha value is -3.65. The molecule has 8 heteroatoms. The van der Waals surface area contributed by atoms with Crippen molar-refractivity contribution < 1.29 is 19.4 Å². The number of ether oxygens (including phenoxy) is 2. The topological polar surface area (TPSA) is 103 Å². The molecule has 1 aromatic heterocycles. The van der Waals surface area contributed by atoms with Crippen molar-refractivity contribution in [3.8, 4) is 22.9 Å². The summed E-state index contributed by atoms with van der Waals surface area (Å²) in [5.41, 5.74) is 2.18. The summed E-state index contributed by atoms with van der Waals surface area (Å²) in [6.45, 7) is 1.63. The van der Waals surface area contributed by atoms with E-state index in [9.17, 15) is 14.7 Å². The van der Waals surface area contributed by atoms with Crippen molar-refractivity contribution in [2.75, 3.05) is 20.8 Å². The first-order valence-corrected chi connectivity index (χ1v) is 10.2. The zero-order chi connectivity index (χ0) is 23.1. The number of aryl methyl sites for hydroxylation is 1. The van der Waals surface area contributed by atoms with Gasteiger partial charge in [-0.05, 0) is 24.6 Å². The SMILES string of the molecule is COc1ccc(CNC(=O)Cn2c(-c3ccccc3)nc(C)c(CCO)c2=O)cc1OC. The van der Waals surface area contributed by atoms with Crippen molar-refractivity contribution in [2.45, 2.75) is 26.4 Å². The van der Waals surface area contributed by atoms with E-state index in [1.54, 1.807) is 33.3 Å². The first-order chi connectivity index (χ1) is 15.5. The highest BCUT2D eigenvalue weighted by atomic mass is 16.5.